The van der Waals surface area contributed by atoms with E-state index in [-0.39, 0.29) is 6.54 Å². The first-order valence-corrected chi connectivity index (χ1v) is 10.1. The molecular formula is C25H15ClF3N3O. The molecule has 2 heterocycles. The van der Waals surface area contributed by atoms with E-state index in [9.17, 15) is 23.2 Å². The molecule has 164 valence electrons. The van der Waals surface area contributed by atoms with Gasteiger partial charge in [-0.1, -0.05) is 48.0 Å². The number of nitriles is 1. The number of allylic oxidation sites excluding steroid dienone is 1. The maximum atomic E-state index is 12.8. The Hall–Kier alpha value is -3.89. The van der Waals surface area contributed by atoms with Crippen molar-refractivity contribution in [3.8, 4) is 6.07 Å². The van der Waals surface area contributed by atoms with Gasteiger partial charge in [0, 0.05) is 40.5 Å². The van der Waals surface area contributed by atoms with Gasteiger partial charge < -0.3 is 4.57 Å². The van der Waals surface area contributed by atoms with Gasteiger partial charge in [-0.15, -0.1) is 0 Å². The molecule has 0 atom stereocenters. The van der Waals surface area contributed by atoms with Gasteiger partial charge in [0.05, 0.1) is 17.2 Å². The number of benzene rings is 2. The minimum Gasteiger partial charge on any atom is -0.342 e. The van der Waals surface area contributed by atoms with Crippen molar-refractivity contribution in [3.63, 3.8) is 0 Å². The Kier molecular flexibility index (Phi) is 6.03. The second-order valence-corrected chi connectivity index (χ2v) is 7.77. The van der Waals surface area contributed by atoms with Crippen LogP contribution in [-0.2, 0) is 12.7 Å². The molecule has 8 heteroatoms. The van der Waals surface area contributed by atoms with Crippen LogP contribution in [0.4, 0.5) is 13.2 Å². The molecule has 2 aromatic carbocycles. The van der Waals surface area contributed by atoms with Crippen LogP contribution < -0.4 is 0 Å². The predicted octanol–water partition coefficient (Wildman–Crippen LogP) is 6.63. The Morgan fingerprint density at radius 3 is 2.48 bits per heavy atom. The molecule has 4 aromatic rings. The van der Waals surface area contributed by atoms with Gasteiger partial charge in [-0.3, -0.25) is 9.78 Å². The molecule has 33 heavy (non-hydrogen) atoms. The van der Waals surface area contributed by atoms with E-state index in [0.29, 0.717) is 27.3 Å². The number of aldehydes is 1. The van der Waals surface area contributed by atoms with Crippen molar-refractivity contribution >= 4 is 40.4 Å². The Morgan fingerprint density at radius 1 is 1.12 bits per heavy atom. The van der Waals surface area contributed by atoms with Crippen LogP contribution in [0, 0.1) is 11.3 Å². The number of halogens is 4. The van der Waals surface area contributed by atoms with Gasteiger partial charge in [0.25, 0.3) is 0 Å². The Bertz CT molecular complexity index is 1400. The molecule has 0 aliphatic carbocycles. The van der Waals surface area contributed by atoms with Gasteiger partial charge >= 0.3 is 6.18 Å². The van der Waals surface area contributed by atoms with Crippen molar-refractivity contribution in [2.45, 2.75) is 12.7 Å². The first-order valence-electron chi connectivity index (χ1n) is 9.76. The number of pyridine rings is 1. The number of aromatic nitrogens is 2. The molecule has 0 saturated carbocycles. The fourth-order valence-corrected chi connectivity index (χ4v) is 3.66. The van der Waals surface area contributed by atoms with Crippen LogP contribution in [0.2, 0.25) is 5.02 Å². The number of hydrogen-bond donors (Lipinski definition) is 0. The van der Waals surface area contributed by atoms with Gasteiger partial charge in [0.1, 0.15) is 12.0 Å². The predicted molar refractivity (Wildman–Crippen MR) is 121 cm³/mol. The number of alkyl halides is 3. The van der Waals surface area contributed by atoms with Gasteiger partial charge in [-0.05, 0) is 35.4 Å². The average Bonchev–Trinajstić information content (AvgIpc) is 3.13. The lowest BCUT2D eigenvalue weighted by molar-refractivity contribution is -0.141. The summed E-state index contributed by atoms with van der Waals surface area (Å²) < 4.78 is 40.3. The van der Waals surface area contributed by atoms with E-state index in [2.05, 4.69) is 11.1 Å². The van der Waals surface area contributed by atoms with E-state index in [4.69, 9.17) is 11.6 Å². The normalized spacial score (nSPS) is 12.0. The number of rotatable bonds is 5. The summed E-state index contributed by atoms with van der Waals surface area (Å²) in [5.41, 5.74) is 2.71. The summed E-state index contributed by atoms with van der Waals surface area (Å²) in [6.45, 7) is 0.270. The zero-order valence-electron chi connectivity index (χ0n) is 17.0. The van der Waals surface area contributed by atoms with E-state index >= 15 is 0 Å². The summed E-state index contributed by atoms with van der Waals surface area (Å²) >= 11 is 6.18. The maximum absolute atomic E-state index is 12.8. The van der Waals surface area contributed by atoms with Crippen LogP contribution in [0.1, 0.15) is 32.7 Å². The van der Waals surface area contributed by atoms with Gasteiger partial charge in [-0.25, -0.2) is 0 Å². The first kappa shape index (κ1) is 22.3. The quantitative estimate of drug-likeness (QED) is 0.245. The summed E-state index contributed by atoms with van der Waals surface area (Å²) in [4.78, 5) is 14.4. The minimum absolute atomic E-state index is 0.270. The molecule has 4 rings (SSSR count). The second-order valence-electron chi connectivity index (χ2n) is 7.33. The van der Waals surface area contributed by atoms with E-state index in [1.54, 1.807) is 42.5 Å². The summed E-state index contributed by atoms with van der Waals surface area (Å²) in [6, 6.07) is 16.5. The molecule has 0 bridgehead atoms. The molecule has 0 radical (unpaired) electrons. The Labute approximate surface area is 192 Å². The molecule has 4 nitrogen and oxygen atoms in total. The standard InChI is InChI=1S/C25H15ClF3N3O/c26-21-6-7-22-20(9-19(11-30)18-4-1-16(15-33)2-5-18)14-32(23(22)10-21)13-17-3-8-24(31-12-17)25(27,28)29/h1-10,12,14-15H,13H2/b19-9+. The second kappa shape index (κ2) is 8.93. The van der Waals surface area contributed by atoms with Crippen molar-refractivity contribution in [2.24, 2.45) is 0 Å². The fourth-order valence-electron chi connectivity index (χ4n) is 3.50. The summed E-state index contributed by atoms with van der Waals surface area (Å²) in [5, 5.41) is 11.0. The molecule has 0 amide bonds. The number of hydrogen-bond acceptors (Lipinski definition) is 3. The number of nitrogens with zero attached hydrogens (tertiary/aromatic N) is 3. The summed E-state index contributed by atoms with van der Waals surface area (Å²) in [6.07, 6.45) is 0.974. The maximum Gasteiger partial charge on any atom is 0.433 e. The lowest BCUT2D eigenvalue weighted by Gasteiger charge is -2.08. The fraction of sp³-hybridized carbons (Fsp3) is 0.0800. The molecule has 0 aliphatic rings. The van der Waals surface area contributed by atoms with E-state index < -0.39 is 11.9 Å². The number of fused-ring (bicyclic) bond motifs is 1. The highest BCUT2D eigenvalue weighted by atomic mass is 35.5. The molecule has 0 spiro atoms. The SMILES string of the molecule is N#C/C(=C\c1cn(Cc2ccc(C(F)(F)F)nc2)c2cc(Cl)ccc12)c1ccc(C=O)cc1. The third-order valence-corrected chi connectivity index (χ3v) is 5.36. The van der Waals surface area contributed by atoms with Crippen LogP contribution in [0.5, 0.6) is 0 Å². The zero-order chi connectivity index (χ0) is 23.6. The lowest BCUT2D eigenvalue weighted by Crippen LogP contribution is -2.08. The molecule has 0 aliphatic heterocycles. The van der Waals surface area contributed by atoms with Crippen molar-refractivity contribution < 1.29 is 18.0 Å². The Morgan fingerprint density at radius 2 is 1.88 bits per heavy atom. The highest BCUT2D eigenvalue weighted by Crippen LogP contribution is 2.30. The van der Waals surface area contributed by atoms with E-state index in [1.165, 1.54) is 12.3 Å². The smallest absolute Gasteiger partial charge is 0.342 e. The van der Waals surface area contributed by atoms with Crippen LogP contribution >= 0.6 is 11.6 Å². The molecule has 0 saturated heterocycles. The van der Waals surface area contributed by atoms with Crippen LogP contribution in [0.3, 0.4) is 0 Å². The van der Waals surface area contributed by atoms with Gasteiger partial charge in [0.2, 0.25) is 0 Å². The third-order valence-electron chi connectivity index (χ3n) is 5.12. The minimum atomic E-state index is -4.50. The highest BCUT2D eigenvalue weighted by Gasteiger charge is 2.32. The average molecular weight is 466 g/mol. The van der Waals surface area contributed by atoms with Gasteiger partial charge in [0.15, 0.2) is 0 Å². The Balaban J connectivity index is 1.75. The topological polar surface area (TPSA) is 58.7 Å². The lowest BCUT2D eigenvalue weighted by atomic mass is 10.0. The molecule has 0 fully saturated rings. The van der Waals surface area contributed by atoms with Crippen LogP contribution in [0.15, 0.2) is 67.0 Å². The van der Waals surface area contributed by atoms with Crippen molar-refractivity contribution in [2.75, 3.05) is 0 Å². The third kappa shape index (κ3) is 4.81. The molecular weight excluding hydrogens is 451 g/mol. The highest BCUT2D eigenvalue weighted by molar-refractivity contribution is 6.31. The first-order chi connectivity index (χ1) is 15.8. The summed E-state index contributed by atoms with van der Waals surface area (Å²) in [7, 11) is 0. The van der Waals surface area contributed by atoms with Crippen LogP contribution in [0.25, 0.3) is 22.6 Å². The zero-order valence-corrected chi connectivity index (χ0v) is 17.7. The number of carbonyl (C=O) groups excluding carboxylic acids is 1. The monoisotopic (exact) mass is 465 g/mol. The largest absolute Gasteiger partial charge is 0.433 e. The number of carbonyl (C=O) groups is 1. The van der Waals surface area contributed by atoms with Gasteiger partial charge in [-0.2, -0.15) is 18.4 Å². The van der Waals surface area contributed by atoms with Crippen molar-refractivity contribution in [1.29, 1.82) is 5.26 Å². The van der Waals surface area contributed by atoms with Crippen molar-refractivity contribution in [1.82, 2.24) is 9.55 Å². The molecule has 0 N–H and O–H groups in total. The van der Waals surface area contributed by atoms with Crippen molar-refractivity contribution in [3.05, 3.63) is 100.0 Å². The molecule has 2 aromatic heterocycles. The van der Waals surface area contributed by atoms with E-state index in [0.717, 1.165) is 28.8 Å². The van der Waals surface area contributed by atoms with E-state index in [1.807, 2.05) is 16.8 Å². The van der Waals surface area contributed by atoms with Crippen LogP contribution in [-0.4, -0.2) is 15.8 Å². The summed E-state index contributed by atoms with van der Waals surface area (Å²) in [5.74, 6) is 0. The molecule has 0 unspecified atom stereocenters.